The molecule has 4 rings (SSSR count). The fourth-order valence-electron chi connectivity index (χ4n) is 3.58. The van der Waals surface area contributed by atoms with Crippen molar-refractivity contribution in [1.82, 2.24) is 14.0 Å². The number of nitrogens with zero attached hydrogens (tertiary/aromatic N) is 4. The molecule has 168 valence electrons. The second kappa shape index (κ2) is 8.99. The number of hydrogen-bond donors (Lipinski definition) is 0. The smallest absolute Gasteiger partial charge is 0.341 e. The highest BCUT2D eigenvalue weighted by molar-refractivity contribution is 6.31. The summed E-state index contributed by atoms with van der Waals surface area (Å²) in [5.41, 5.74) is 0.728. The molecular formula is C24H21ClN4O4. The van der Waals surface area contributed by atoms with Gasteiger partial charge in [0.15, 0.2) is 5.49 Å². The number of aromatic nitrogens is 3. The Hall–Kier alpha value is -3.78. The van der Waals surface area contributed by atoms with Gasteiger partial charge in [-0.15, -0.1) is 0 Å². The number of carbonyl (C=O) groups excluding carboxylic acids is 2. The van der Waals surface area contributed by atoms with E-state index in [1.807, 2.05) is 13.8 Å². The van der Waals surface area contributed by atoms with Crippen LogP contribution in [0.5, 0.6) is 0 Å². The summed E-state index contributed by atoms with van der Waals surface area (Å²) in [5, 5.41) is 0.600. The van der Waals surface area contributed by atoms with E-state index in [-0.39, 0.29) is 40.2 Å². The molecule has 0 unspecified atom stereocenters. The van der Waals surface area contributed by atoms with Gasteiger partial charge in [-0.05, 0) is 57.2 Å². The number of ether oxygens (including phenoxy) is 1. The van der Waals surface area contributed by atoms with Crippen LogP contribution in [0, 0.1) is 0 Å². The van der Waals surface area contributed by atoms with E-state index in [9.17, 15) is 14.4 Å². The number of amides is 1. The van der Waals surface area contributed by atoms with Crippen LogP contribution in [-0.4, -0.2) is 32.4 Å². The average Bonchev–Trinajstić information content (AvgIpc) is 2.78. The van der Waals surface area contributed by atoms with E-state index in [1.165, 1.54) is 16.5 Å². The topological polar surface area (TPSA) is 95.0 Å². The van der Waals surface area contributed by atoms with Gasteiger partial charge in [0, 0.05) is 22.8 Å². The van der Waals surface area contributed by atoms with Gasteiger partial charge in [-0.3, -0.25) is 14.0 Å². The monoisotopic (exact) mass is 464 g/mol. The first-order chi connectivity index (χ1) is 15.8. The Bertz CT molecular complexity index is 1540. The van der Waals surface area contributed by atoms with Crippen molar-refractivity contribution in [3.8, 4) is 0 Å². The second-order valence-corrected chi connectivity index (χ2v) is 8.01. The van der Waals surface area contributed by atoms with E-state index in [2.05, 4.69) is 9.98 Å². The molecule has 0 bridgehead atoms. The van der Waals surface area contributed by atoms with Crippen LogP contribution in [0.4, 0.5) is 0 Å². The summed E-state index contributed by atoms with van der Waals surface area (Å²) in [6.45, 7) is 5.50. The zero-order valence-electron chi connectivity index (χ0n) is 18.3. The predicted octanol–water partition coefficient (Wildman–Crippen LogP) is 3.80. The average molecular weight is 465 g/mol. The highest BCUT2D eigenvalue weighted by atomic mass is 35.5. The molecule has 0 spiro atoms. The van der Waals surface area contributed by atoms with Crippen LogP contribution in [-0.2, 0) is 4.74 Å². The zero-order chi connectivity index (χ0) is 23.7. The Kier molecular flexibility index (Phi) is 6.11. The fraction of sp³-hybridized carbons (Fsp3) is 0.208. The molecule has 1 amide bonds. The molecule has 0 aliphatic heterocycles. The van der Waals surface area contributed by atoms with Gasteiger partial charge < -0.3 is 9.30 Å². The molecule has 0 radical (unpaired) electrons. The fourth-order valence-corrected chi connectivity index (χ4v) is 3.77. The number of carbonyl (C=O) groups is 2. The van der Waals surface area contributed by atoms with Gasteiger partial charge in [0.1, 0.15) is 16.9 Å². The molecular weight excluding hydrogens is 444 g/mol. The Morgan fingerprint density at radius 2 is 1.94 bits per heavy atom. The van der Waals surface area contributed by atoms with Crippen molar-refractivity contribution in [2.75, 3.05) is 6.61 Å². The summed E-state index contributed by atoms with van der Waals surface area (Å²) in [5.74, 6) is -1.28. The lowest BCUT2D eigenvalue weighted by atomic mass is 10.1. The number of pyridine rings is 2. The molecule has 3 aromatic heterocycles. The minimum absolute atomic E-state index is 0.00297. The highest BCUT2D eigenvalue weighted by Crippen LogP contribution is 2.16. The molecule has 0 saturated carbocycles. The van der Waals surface area contributed by atoms with Crippen LogP contribution in [0.25, 0.3) is 16.7 Å². The molecule has 0 atom stereocenters. The summed E-state index contributed by atoms with van der Waals surface area (Å²) in [7, 11) is 0. The van der Waals surface area contributed by atoms with Gasteiger partial charge in [-0.25, -0.2) is 9.78 Å². The van der Waals surface area contributed by atoms with Crippen molar-refractivity contribution in [2.24, 2.45) is 4.99 Å². The summed E-state index contributed by atoms with van der Waals surface area (Å²) in [4.78, 5) is 48.0. The quantitative estimate of drug-likeness (QED) is 0.338. The summed E-state index contributed by atoms with van der Waals surface area (Å²) in [6.07, 6.45) is 1.61. The number of esters is 1. The number of benzene rings is 1. The lowest BCUT2D eigenvalue weighted by Crippen LogP contribution is -2.33. The Morgan fingerprint density at radius 1 is 1.15 bits per heavy atom. The molecule has 8 nitrogen and oxygen atoms in total. The van der Waals surface area contributed by atoms with Gasteiger partial charge in [0.05, 0.1) is 12.0 Å². The van der Waals surface area contributed by atoms with Gasteiger partial charge in [-0.1, -0.05) is 23.7 Å². The maximum Gasteiger partial charge on any atom is 0.341 e. The Morgan fingerprint density at radius 3 is 2.64 bits per heavy atom. The minimum atomic E-state index is -0.691. The molecule has 0 saturated heterocycles. The van der Waals surface area contributed by atoms with E-state index >= 15 is 0 Å². The SMILES string of the molecule is CCOC(=O)c1cc2c(=O)n3ccccc3nc2n(C(C)C)c1=NC(=O)c1cccc(Cl)c1. The van der Waals surface area contributed by atoms with Crippen LogP contribution in [0.15, 0.2) is 64.5 Å². The maximum absolute atomic E-state index is 13.2. The van der Waals surface area contributed by atoms with Crippen molar-refractivity contribution in [3.05, 3.63) is 86.7 Å². The minimum Gasteiger partial charge on any atom is -0.462 e. The second-order valence-electron chi connectivity index (χ2n) is 7.58. The van der Waals surface area contributed by atoms with E-state index in [0.29, 0.717) is 16.3 Å². The lowest BCUT2D eigenvalue weighted by Gasteiger charge is -2.17. The van der Waals surface area contributed by atoms with Crippen LogP contribution in [0.1, 0.15) is 47.5 Å². The third-order valence-electron chi connectivity index (χ3n) is 5.03. The summed E-state index contributed by atoms with van der Waals surface area (Å²) < 4.78 is 8.22. The number of fused-ring (bicyclic) bond motifs is 2. The molecule has 0 N–H and O–H groups in total. The highest BCUT2D eigenvalue weighted by Gasteiger charge is 2.21. The molecule has 0 aliphatic rings. The summed E-state index contributed by atoms with van der Waals surface area (Å²) >= 11 is 6.03. The van der Waals surface area contributed by atoms with Crippen molar-refractivity contribution in [3.63, 3.8) is 0 Å². The van der Waals surface area contributed by atoms with Crippen LogP contribution in [0.2, 0.25) is 5.02 Å². The molecule has 3 heterocycles. The van der Waals surface area contributed by atoms with Gasteiger partial charge in [0.2, 0.25) is 0 Å². The number of halogens is 1. The molecule has 0 fully saturated rings. The largest absolute Gasteiger partial charge is 0.462 e. The van der Waals surface area contributed by atoms with Gasteiger partial charge in [0.25, 0.3) is 11.5 Å². The van der Waals surface area contributed by atoms with Crippen molar-refractivity contribution in [2.45, 2.75) is 26.8 Å². The number of hydrogen-bond acceptors (Lipinski definition) is 5. The normalized spacial score (nSPS) is 12.0. The van der Waals surface area contributed by atoms with Crippen molar-refractivity contribution >= 4 is 40.2 Å². The maximum atomic E-state index is 13.2. The van der Waals surface area contributed by atoms with Gasteiger partial charge in [-0.2, -0.15) is 4.99 Å². The predicted molar refractivity (Wildman–Crippen MR) is 125 cm³/mol. The zero-order valence-corrected chi connectivity index (χ0v) is 19.0. The van der Waals surface area contributed by atoms with Crippen molar-refractivity contribution in [1.29, 1.82) is 0 Å². The number of rotatable bonds is 4. The third-order valence-corrected chi connectivity index (χ3v) is 5.26. The van der Waals surface area contributed by atoms with Crippen molar-refractivity contribution < 1.29 is 14.3 Å². The first kappa shape index (κ1) is 22.4. The van der Waals surface area contributed by atoms with Crippen LogP contribution < -0.4 is 11.0 Å². The molecule has 9 heteroatoms. The molecule has 4 aromatic rings. The first-order valence-corrected chi connectivity index (χ1v) is 10.8. The van der Waals surface area contributed by atoms with Crippen LogP contribution >= 0.6 is 11.6 Å². The summed E-state index contributed by atoms with van der Waals surface area (Å²) in [6, 6.07) is 12.7. The van der Waals surface area contributed by atoms with Gasteiger partial charge >= 0.3 is 5.97 Å². The Labute approximate surface area is 193 Å². The Balaban J connectivity index is 2.15. The molecule has 33 heavy (non-hydrogen) atoms. The molecule has 0 aliphatic carbocycles. The van der Waals surface area contributed by atoms with E-state index < -0.39 is 11.9 Å². The van der Waals surface area contributed by atoms with E-state index in [4.69, 9.17) is 16.3 Å². The first-order valence-electron chi connectivity index (χ1n) is 10.4. The van der Waals surface area contributed by atoms with Crippen LogP contribution in [0.3, 0.4) is 0 Å². The van der Waals surface area contributed by atoms with E-state index in [0.717, 1.165) is 0 Å². The van der Waals surface area contributed by atoms with E-state index in [1.54, 1.807) is 54.1 Å². The standard InChI is InChI=1S/C24H21ClN4O4/c1-4-33-24(32)18-13-17-20(26-19-10-5-6-11-28(19)23(17)31)29(14(2)3)21(18)27-22(30)15-8-7-9-16(25)12-15/h5-14H,4H2,1-3H3. The third kappa shape index (κ3) is 4.17. The lowest BCUT2D eigenvalue weighted by molar-refractivity contribution is 0.0523. The molecule has 1 aromatic carbocycles.